The zero-order valence-corrected chi connectivity index (χ0v) is 20.9. The first-order valence-corrected chi connectivity index (χ1v) is 12.5. The summed E-state index contributed by atoms with van der Waals surface area (Å²) in [5, 5.41) is 2.68. The first-order valence-electron chi connectivity index (χ1n) is 12.5. The molecule has 1 amide bonds. The van der Waals surface area contributed by atoms with Gasteiger partial charge in [-0.3, -0.25) is 9.59 Å². The summed E-state index contributed by atoms with van der Waals surface area (Å²) in [4.78, 5) is 35.3. The van der Waals surface area contributed by atoms with Gasteiger partial charge in [-0.05, 0) is 48.9 Å². The number of nitrogens with zero attached hydrogens (tertiary/aromatic N) is 2. The van der Waals surface area contributed by atoms with Gasteiger partial charge in [0, 0.05) is 55.6 Å². The first kappa shape index (κ1) is 27.3. The number of pyridine rings is 1. The predicted molar refractivity (Wildman–Crippen MR) is 134 cm³/mol. The van der Waals surface area contributed by atoms with Gasteiger partial charge in [-0.2, -0.15) is 13.2 Å². The highest BCUT2D eigenvalue weighted by atomic mass is 19.4. The molecule has 0 saturated carbocycles. The molecule has 1 aromatic carbocycles. The van der Waals surface area contributed by atoms with Crippen LogP contribution in [0.15, 0.2) is 47.4 Å². The number of benzene rings is 1. The van der Waals surface area contributed by atoms with E-state index in [4.69, 9.17) is 9.47 Å². The summed E-state index contributed by atoms with van der Waals surface area (Å²) in [6.45, 7) is 3.84. The highest BCUT2D eigenvalue weighted by molar-refractivity contribution is 5.76. The Kier molecular flexibility index (Phi) is 8.77. The van der Waals surface area contributed by atoms with Crippen LogP contribution in [0.1, 0.15) is 43.7 Å². The Labute approximate surface area is 217 Å². The quantitative estimate of drug-likeness (QED) is 0.414. The van der Waals surface area contributed by atoms with Gasteiger partial charge in [-0.1, -0.05) is 13.0 Å². The van der Waals surface area contributed by atoms with E-state index < -0.39 is 17.3 Å². The topological polar surface area (TPSA) is 106 Å². The largest absolute Gasteiger partial charge is 0.477 e. The van der Waals surface area contributed by atoms with E-state index in [1.165, 1.54) is 24.4 Å². The molecule has 0 atom stereocenters. The molecule has 0 radical (unpaired) electrons. The van der Waals surface area contributed by atoms with Gasteiger partial charge in [-0.25, -0.2) is 9.97 Å². The molecule has 1 aliphatic rings. The monoisotopic (exact) mass is 530 g/mol. The van der Waals surface area contributed by atoms with Crippen molar-refractivity contribution in [2.24, 2.45) is 5.92 Å². The Morgan fingerprint density at radius 1 is 1.18 bits per heavy atom. The Bertz CT molecular complexity index is 1300. The number of alkyl halides is 3. The van der Waals surface area contributed by atoms with E-state index in [2.05, 4.69) is 20.3 Å². The summed E-state index contributed by atoms with van der Waals surface area (Å²) in [6.07, 6.45) is -0.403. The van der Waals surface area contributed by atoms with E-state index in [9.17, 15) is 22.8 Å². The molecule has 0 spiro atoms. The number of ether oxygens (including phenoxy) is 2. The highest BCUT2D eigenvalue weighted by Crippen LogP contribution is 2.36. The maximum atomic E-state index is 13.8. The molecule has 0 bridgehead atoms. The standard InChI is InChI=1S/C27H29F3N4O4/c1-2-3-23(35)31-14-18-4-6-21(27(28,29)30)20(12-18)26-33-22(13-24(36)34-26)19-5-7-25(32-15-19)38-16-17-8-10-37-11-9-17/h4-7,12-13,15,17H,2-3,8-11,14,16H2,1H3,(H,31,35)(H,33,34,36). The molecule has 0 aliphatic carbocycles. The molecule has 1 aliphatic heterocycles. The van der Waals surface area contributed by atoms with Crippen LogP contribution in [0.2, 0.25) is 0 Å². The summed E-state index contributed by atoms with van der Waals surface area (Å²) in [5.41, 5.74) is -0.786. The summed E-state index contributed by atoms with van der Waals surface area (Å²) < 4.78 is 52.6. The molecular formula is C27H29F3N4O4. The summed E-state index contributed by atoms with van der Waals surface area (Å²) in [5.74, 6) is 0.361. The second-order valence-electron chi connectivity index (χ2n) is 9.14. The fourth-order valence-electron chi connectivity index (χ4n) is 4.13. The lowest BCUT2D eigenvalue weighted by Gasteiger charge is -2.21. The average Bonchev–Trinajstić information content (AvgIpc) is 2.91. The van der Waals surface area contributed by atoms with E-state index in [0.717, 1.165) is 18.9 Å². The van der Waals surface area contributed by atoms with Crippen LogP contribution < -0.4 is 15.6 Å². The minimum Gasteiger partial charge on any atom is -0.477 e. The maximum absolute atomic E-state index is 13.8. The molecule has 3 aromatic rings. The van der Waals surface area contributed by atoms with Gasteiger partial charge < -0.3 is 19.8 Å². The highest BCUT2D eigenvalue weighted by Gasteiger charge is 2.34. The molecule has 11 heteroatoms. The summed E-state index contributed by atoms with van der Waals surface area (Å²) >= 11 is 0. The fraction of sp³-hybridized carbons (Fsp3) is 0.407. The Morgan fingerprint density at radius 2 is 1.97 bits per heavy atom. The number of hydrogen-bond donors (Lipinski definition) is 2. The van der Waals surface area contributed by atoms with Gasteiger partial charge in [0.15, 0.2) is 0 Å². The van der Waals surface area contributed by atoms with Gasteiger partial charge in [0.25, 0.3) is 5.56 Å². The molecule has 0 unspecified atom stereocenters. The van der Waals surface area contributed by atoms with E-state index in [1.54, 1.807) is 12.1 Å². The average molecular weight is 531 g/mol. The molecule has 8 nitrogen and oxygen atoms in total. The van der Waals surface area contributed by atoms with Crippen LogP contribution in [-0.2, 0) is 22.3 Å². The Hall–Kier alpha value is -3.73. The van der Waals surface area contributed by atoms with Crippen molar-refractivity contribution in [1.82, 2.24) is 20.3 Å². The smallest absolute Gasteiger partial charge is 0.417 e. The van der Waals surface area contributed by atoms with Gasteiger partial charge in [0.2, 0.25) is 11.8 Å². The van der Waals surface area contributed by atoms with E-state index >= 15 is 0 Å². The zero-order valence-electron chi connectivity index (χ0n) is 20.9. The molecule has 2 aromatic heterocycles. The van der Waals surface area contributed by atoms with Crippen LogP contribution in [0.3, 0.4) is 0 Å². The van der Waals surface area contributed by atoms with Crippen molar-refractivity contribution in [3.8, 4) is 28.5 Å². The van der Waals surface area contributed by atoms with Crippen molar-refractivity contribution in [1.29, 1.82) is 0 Å². The number of halogens is 3. The van der Waals surface area contributed by atoms with Crippen molar-refractivity contribution >= 4 is 5.91 Å². The lowest BCUT2D eigenvalue weighted by atomic mass is 10.0. The van der Waals surface area contributed by atoms with Crippen molar-refractivity contribution < 1.29 is 27.4 Å². The van der Waals surface area contributed by atoms with Crippen LogP contribution >= 0.6 is 0 Å². The lowest BCUT2D eigenvalue weighted by Crippen LogP contribution is -2.22. The van der Waals surface area contributed by atoms with Gasteiger partial charge in [-0.15, -0.1) is 0 Å². The number of rotatable bonds is 9. The number of H-pyrrole nitrogens is 1. The molecule has 1 fully saturated rings. The van der Waals surface area contributed by atoms with Gasteiger partial charge >= 0.3 is 6.18 Å². The number of amides is 1. The normalized spacial score (nSPS) is 14.3. The van der Waals surface area contributed by atoms with Crippen LogP contribution in [0.25, 0.3) is 22.6 Å². The summed E-state index contributed by atoms with van der Waals surface area (Å²) in [6, 6.07) is 7.99. The lowest BCUT2D eigenvalue weighted by molar-refractivity contribution is -0.137. The second kappa shape index (κ2) is 12.2. The van der Waals surface area contributed by atoms with Gasteiger partial charge in [0.1, 0.15) is 5.82 Å². The number of nitrogens with one attached hydrogen (secondary N) is 2. The van der Waals surface area contributed by atoms with E-state index in [0.29, 0.717) is 55.6 Å². The number of carbonyl (C=O) groups is 1. The third-order valence-corrected chi connectivity index (χ3v) is 6.19. The van der Waals surface area contributed by atoms with Crippen LogP contribution in [0.4, 0.5) is 13.2 Å². The third-order valence-electron chi connectivity index (χ3n) is 6.19. The molecule has 4 rings (SSSR count). The molecule has 3 heterocycles. The van der Waals surface area contributed by atoms with Crippen LogP contribution in [-0.4, -0.2) is 40.7 Å². The minimum atomic E-state index is -4.68. The van der Waals surface area contributed by atoms with Crippen molar-refractivity contribution in [3.05, 3.63) is 64.1 Å². The minimum absolute atomic E-state index is 0.0488. The third kappa shape index (κ3) is 7.18. The summed E-state index contributed by atoms with van der Waals surface area (Å²) in [7, 11) is 0. The molecule has 202 valence electrons. The van der Waals surface area contributed by atoms with Crippen molar-refractivity contribution in [3.63, 3.8) is 0 Å². The van der Waals surface area contributed by atoms with Crippen LogP contribution in [0.5, 0.6) is 5.88 Å². The Balaban J connectivity index is 1.59. The molecule has 38 heavy (non-hydrogen) atoms. The van der Waals surface area contributed by atoms with E-state index in [1.807, 2.05) is 6.92 Å². The number of aromatic amines is 1. The van der Waals surface area contributed by atoms with Crippen molar-refractivity contribution in [2.75, 3.05) is 19.8 Å². The number of carbonyl (C=O) groups excluding carboxylic acids is 1. The number of hydrogen-bond acceptors (Lipinski definition) is 6. The second-order valence-corrected chi connectivity index (χ2v) is 9.14. The van der Waals surface area contributed by atoms with Crippen LogP contribution in [0, 0.1) is 5.92 Å². The zero-order chi connectivity index (χ0) is 27.1. The van der Waals surface area contributed by atoms with Gasteiger partial charge in [0.05, 0.1) is 17.9 Å². The maximum Gasteiger partial charge on any atom is 0.417 e. The SMILES string of the molecule is CCCC(=O)NCc1ccc(C(F)(F)F)c(-c2nc(-c3ccc(OCC4CCOCC4)nc3)cc(=O)[nH]2)c1. The van der Waals surface area contributed by atoms with Crippen molar-refractivity contribution in [2.45, 2.75) is 45.3 Å². The predicted octanol–water partition coefficient (Wildman–Crippen LogP) is 4.74. The molecule has 1 saturated heterocycles. The molecular weight excluding hydrogens is 501 g/mol. The Morgan fingerprint density at radius 3 is 2.66 bits per heavy atom. The fourth-order valence-corrected chi connectivity index (χ4v) is 4.13. The number of aromatic nitrogens is 3. The van der Waals surface area contributed by atoms with E-state index in [-0.39, 0.29) is 29.5 Å². The first-order chi connectivity index (χ1) is 18.2. The molecule has 2 N–H and O–H groups in total.